The molecule has 7 nitrogen and oxygen atoms in total. The van der Waals surface area contributed by atoms with Crippen LogP contribution in [0.5, 0.6) is 0 Å². The molecule has 0 aliphatic carbocycles. The Morgan fingerprint density at radius 1 is 1.15 bits per heavy atom. The van der Waals surface area contributed by atoms with Gasteiger partial charge in [0, 0.05) is 24.8 Å². The minimum absolute atomic E-state index is 0.0577. The summed E-state index contributed by atoms with van der Waals surface area (Å²) in [5.74, 6) is -1.45. The van der Waals surface area contributed by atoms with E-state index < -0.39 is 27.7 Å². The molecule has 0 aromatic heterocycles. The summed E-state index contributed by atoms with van der Waals surface area (Å²) in [5.41, 5.74) is 2.66. The van der Waals surface area contributed by atoms with Crippen LogP contribution in [0.1, 0.15) is 17.5 Å². The summed E-state index contributed by atoms with van der Waals surface area (Å²) in [5, 5.41) is 2.63. The molecule has 26 heavy (non-hydrogen) atoms. The Morgan fingerprint density at radius 3 is 2.38 bits per heavy atom. The van der Waals surface area contributed by atoms with Crippen LogP contribution in [0.15, 0.2) is 18.2 Å². The van der Waals surface area contributed by atoms with Crippen molar-refractivity contribution in [2.75, 3.05) is 44.0 Å². The van der Waals surface area contributed by atoms with Crippen LogP contribution in [0.2, 0.25) is 0 Å². The number of aryl methyl sites for hydroxylation is 2. The second-order valence-corrected chi connectivity index (χ2v) is 9.34. The maximum absolute atomic E-state index is 12.7. The number of benzene rings is 1. The van der Waals surface area contributed by atoms with E-state index in [9.17, 15) is 18.0 Å². The zero-order valence-corrected chi connectivity index (χ0v) is 16.6. The Labute approximate surface area is 155 Å². The maximum atomic E-state index is 12.7. The van der Waals surface area contributed by atoms with Gasteiger partial charge in [0.2, 0.25) is 0 Å². The Balaban J connectivity index is 2.13. The quantitative estimate of drug-likeness (QED) is 0.763. The largest absolute Gasteiger partial charge is 0.329 e. The van der Waals surface area contributed by atoms with Gasteiger partial charge in [-0.25, -0.2) is 8.42 Å². The zero-order valence-electron chi connectivity index (χ0n) is 15.8. The predicted molar refractivity (Wildman–Crippen MR) is 102 cm³/mol. The first-order valence-corrected chi connectivity index (χ1v) is 10.5. The van der Waals surface area contributed by atoms with E-state index in [0.29, 0.717) is 25.2 Å². The van der Waals surface area contributed by atoms with Crippen LogP contribution in [0.25, 0.3) is 0 Å². The highest BCUT2D eigenvalue weighted by Gasteiger charge is 2.36. The summed E-state index contributed by atoms with van der Waals surface area (Å²) in [6.45, 7) is 4.76. The highest BCUT2D eigenvalue weighted by atomic mass is 32.2. The number of nitrogens with one attached hydrogen (secondary N) is 1. The summed E-state index contributed by atoms with van der Waals surface area (Å²) >= 11 is 0. The molecule has 1 atom stereocenters. The number of carbonyl (C=O) groups is 2. The van der Waals surface area contributed by atoms with Crippen LogP contribution in [-0.4, -0.2) is 74.8 Å². The molecule has 1 aromatic carbocycles. The van der Waals surface area contributed by atoms with Crippen LogP contribution in [-0.2, 0) is 19.4 Å². The molecule has 0 radical (unpaired) electrons. The van der Waals surface area contributed by atoms with Crippen molar-refractivity contribution in [3.8, 4) is 0 Å². The lowest BCUT2D eigenvalue weighted by molar-refractivity contribution is -0.144. The number of rotatable bonds is 5. The van der Waals surface area contributed by atoms with Crippen LogP contribution in [0, 0.1) is 13.8 Å². The smallest absolute Gasteiger partial charge is 0.313 e. The van der Waals surface area contributed by atoms with Crippen molar-refractivity contribution in [3.05, 3.63) is 29.3 Å². The topological polar surface area (TPSA) is 86.8 Å². The molecule has 0 saturated carbocycles. The summed E-state index contributed by atoms with van der Waals surface area (Å²) in [4.78, 5) is 28.5. The number of carbonyl (C=O) groups excluding carboxylic acids is 2. The molecule has 0 spiro atoms. The summed E-state index contributed by atoms with van der Waals surface area (Å²) in [7, 11) is 0.582. The third-order valence-electron chi connectivity index (χ3n) is 4.66. The van der Waals surface area contributed by atoms with Gasteiger partial charge >= 0.3 is 11.8 Å². The lowest BCUT2D eigenvalue weighted by Gasteiger charge is -2.28. The molecule has 1 saturated heterocycles. The van der Waals surface area contributed by atoms with Gasteiger partial charge in [0.15, 0.2) is 9.84 Å². The Kier molecular flexibility index (Phi) is 6.41. The number of amides is 2. The fourth-order valence-corrected chi connectivity index (χ4v) is 4.64. The highest BCUT2D eigenvalue weighted by Crippen LogP contribution is 2.19. The van der Waals surface area contributed by atoms with Crippen molar-refractivity contribution in [2.24, 2.45) is 0 Å². The van der Waals surface area contributed by atoms with Gasteiger partial charge in [0.25, 0.3) is 0 Å². The fraction of sp³-hybridized carbons (Fsp3) is 0.556. The van der Waals surface area contributed by atoms with Crippen LogP contribution < -0.4 is 5.32 Å². The van der Waals surface area contributed by atoms with Gasteiger partial charge in [0.1, 0.15) is 0 Å². The van der Waals surface area contributed by atoms with Crippen molar-refractivity contribution in [1.82, 2.24) is 9.80 Å². The van der Waals surface area contributed by atoms with E-state index >= 15 is 0 Å². The summed E-state index contributed by atoms with van der Waals surface area (Å²) in [6.07, 6.45) is 0.373. The maximum Gasteiger partial charge on any atom is 0.313 e. The van der Waals surface area contributed by atoms with E-state index in [1.165, 1.54) is 4.90 Å². The molecular formula is C18H27N3O4S. The Morgan fingerprint density at radius 2 is 1.85 bits per heavy atom. The second-order valence-electron chi connectivity index (χ2n) is 7.11. The molecule has 1 N–H and O–H groups in total. The van der Waals surface area contributed by atoms with E-state index in [-0.39, 0.29) is 11.5 Å². The minimum Gasteiger partial charge on any atom is -0.329 e. The predicted octanol–water partition coefficient (Wildman–Crippen LogP) is 0.819. The average molecular weight is 381 g/mol. The third-order valence-corrected chi connectivity index (χ3v) is 6.41. The van der Waals surface area contributed by atoms with Gasteiger partial charge in [-0.3, -0.25) is 9.59 Å². The number of nitrogens with zero attached hydrogens (tertiary/aromatic N) is 2. The normalized spacial score (nSPS) is 18.7. The van der Waals surface area contributed by atoms with Crippen LogP contribution >= 0.6 is 0 Å². The second kappa shape index (κ2) is 8.18. The lowest BCUT2D eigenvalue weighted by Crippen LogP contribution is -2.48. The van der Waals surface area contributed by atoms with Crippen molar-refractivity contribution >= 4 is 27.3 Å². The third kappa shape index (κ3) is 5.28. The lowest BCUT2D eigenvalue weighted by atomic mass is 10.1. The summed E-state index contributed by atoms with van der Waals surface area (Å²) < 4.78 is 23.6. The molecule has 144 valence electrons. The van der Waals surface area contributed by atoms with Crippen LogP contribution in [0.3, 0.4) is 0 Å². The van der Waals surface area contributed by atoms with Crippen LogP contribution in [0.4, 0.5) is 5.69 Å². The Hall–Kier alpha value is -1.93. The van der Waals surface area contributed by atoms with Gasteiger partial charge in [-0.2, -0.15) is 0 Å². The molecular weight excluding hydrogens is 354 g/mol. The molecule has 1 aromatic rings. The molecule has 2 rings (SSSR count). The molecule has 2 amide bonds. The first kappa shape index (κ1) is 20.4. The number of hydrogen-bond acceptors (Lipinski definition) is 5. The molecule has 1 aliphatic rings. The van der Waals surface area contributed by atoms with Gasteiger partial charge in [-0.05, 0) is 57.6 Å². The standard InChI is InChI=1S/C18H27N3O4S/c1-13-5-6-15(11-14(13)2)19-17(22)18(23)21(9-8-20(3)4)16-7-10-26(24,25)12-16/h5-6,11,16H,7-10,12H2,1-4H3,(H,19,22). The van der Waals surface area contributed by atoms with Gasteiger partial charge in [-0.15, -0.1) is 0 Å². The number of hydrogen-bond donors (Lipinski definition) is 1. The molecule has 1 unspecified atom stereocenters. The average Bonchev–Trinajstić information content (AvgIpc) is 2.90. The molecule has 8 heteroatoms. The molecule has 0 bridgehead atoms. The molecule has 1 heterocycles. The van der Waals surface area contributed by atoms with E-state index in [0.717, 1.165) is 11.1 Å². The molecule has 1 aliphatic heterocycles. The van der Waals surface area contributed by atoms with Crippen molar-refractivity contribution in [3.63, 3.8) is 0 Å². The Bertz CT molecular complexity index is 790. The summed E-state index contributed by atoms with van der Waals surface area (Å²) in [6, 6.07) is 4.99. The first-order chi connectivity index (χ1) is 12.1. The van der Waals surface area contributed by atoms with E-state index in [1.807, 2.05) is 45.0 Å². The monoisotopic (exact) mass is 381 g/mol. The van der Waals surface area contributed by atoms with E-state index in [4.69, 9.17) is 0 Å². The number of sulfone groups is 1. The van der Waals surface area contributed by atoms with E-state index in [2.05, 4.69) is 5.32 Å². The SMILES string of the molecule is Cc1ccc(NC(=O)C(=O)N(CCN(C)C)C2CCS(=O)(=O)C2)cc1C. The van der Waals surface area contributed by atoms with Gasteiger partial charge in [0.05, 0.1) is 11.5 Å². The minimum atomic E-state index is -3.15. The van der Waals surface area contributed by atoms with Crippen molar-refractivity contribution < 1.29 is 18.0 Å². The number of likely N-dealkylation sites (N-methyl/N-ethyl adjacent to an activating group) is 1. The zero-order chi connectivity index (χ0) is 19.5. The van der Waals surface area contributed by atoms with Crippen molar-refractivity contribution in [2.45, 2.75) is 26.3 Å². The molecule has 1 fully saturated rings. The van der Waals surface area contributed by atoms with E-state index in [1.54, 1.807) is 6.07 Å². The fourth-order valence-electron chi connectivity index (χ4n) is 2.91. The highest BCUT2D eigenvalue weighted by molar-refractivity contribution is 7.91. The van der Waals surface area contributed by atoms with Crippen molar-refractivity contribution in [1.29, 1.82) is 0 Å². The first-order valence-electron chi connectivity index (χ1n) is 8.63. The van der Waals surface area contributed by atoms with Gasteiger partial charge in [-0.1, -0.05) is 6.07 Å². The number of anilines is 1. The van der Waals surface area contributed by atoms with Gasteiger partial charge < -0.3 is 15.1 Å².